The first kappa shape index (κ1) is 11.0. The van der Waals surface area contributed by atoms with E-state index in [9.17, 15) is 9.90 Å². The number of hydrogen-bond donors (Lipinski definition) is 1. The average Bonchev–Trinajstić information content (AvgIpc) is 2.39. The third kappa shape index (κ3) is 1.46. The third-order valence-electron chi connectivity index (χ3n) is 2.89. The molecule has 4 heteroatoms. The summed E-state index contributed by atoms with van der Waals surface area (Å²) in [4.78, 5) is 12.4. The fourth-order valence-corrected chi connectivity index (χ4v) is 3.21. The number of ether oxygens (including phenoxy) is 1. The number of phenols is 1. The zero-order valence-corrected chi connectivity index (χ0v) is 10.5. The molecule has 3 aromatic rings. The minimum absolute atomic E-state index is 0.00203. The van der Waals surface area contributed by atoms with E-state index in [0.717, 1.165) is 4.70 Å². The number of rotatable bonds is 1. The molecule has 0 fully saturated rings. The molecule has 0 spiro atoms. The Balaban J connectivity index is 2.63. The van der Waals surface area contributed by atoms with Gasteiger partial charge in [-0.1, -0.05) is 12.1 Å². The van der Waals surface area contributed by atoms with Gasteiger partial charge in [0.25, 0.3) is 0 Å². The Kier molecular flexibility index (Phi) is 2.45. The molecule has 0 aliphatic rings. The summed E-state index contributed by atoms with van der Waals surface area (Å²) < 4.78 is 6.82. The van der Waals surface area contributed by atoms with Crippen LogP contribution in [0.4, 0.5) is 0 Å². The largest absolute Gasteiger partial charge is 0.507 e. The summed E-state index contributed by atoms with van der Waals surface area (Å²) in [7, 11) is 1.55. The van der Waals surface area contributed by atoms with Crippen molar-refractivity contribution in [2.45, 2.75) is 0 Å². The maximum atomic E-state index is 12.4. The number of aromatic hydroxyl groups is 1. The smallest absolute Gasteiger partial charge is 0.199 e. The van der Waals surface area contributed by atoms with Gasteiger partial charge in [0, 0.05) is 10.1 Å². The van der Waals surface area contributed by atoms with E-state index in [1.165, 1.54) is 17.4 Å². The van der Waals surface area contributed by atoms with Crippen molar-refractivity contribution in [3.05, 3.63) is 46.6 Å². The molecular weight excluding hydrogens is 248 g/mol. The molecule has 3 rings (SSSR count). The summed E-state index contributed by atoms with van der Waals surface area (Å²) >= 11 is 1.45. The van der Waals surface area contributed by atoms with Crippen LogP contribution in [0.5, 0.6) is 11.5 Å². The molecule has 90 valence electrons. The molecule has 0 aliphatic carbocycles. The zero-order valence-electron chi connectivity index (χ0n) is 9.64. The van der Waals surface area contributed by atoms with Crippen LogP contribution >= 0.6 is 11.3 Å². The lowest BCUT2D eigenvalue weighted by Crippen LogP contribution is -2.01. The van der Waals surface area contributed by atoms with Gasteiger partial charge in [0.2, 0.25) is 0 Å². The topological polar surface area (TPSA) is 46.5 Å². The second-order valence-electron chi connectivity index (χ2n) is 3.92. The minimum atomic E-state index is -0.157. The summed E-state index contributed by atoms with van der Waals surface area (Å²) in [6, 6.07) is 10.5. The normalized spacial score (nSPS) is 10.9. The highest BCUT2D eigenvalue weighted by Crippen LogP contribution is 2.36. The van der Waals surface area contributed by atoms with Crippen LogP contribution in [-0.2, 0) is 0 Å². The lowest BCUT2D eigenvalue weighted by Gasteiger charge is -2.07. The van der Waals surface area contributed by atoms with Crippen molar-refractivity contribution in [1.82, 2.24) is 0 Å². The fraction of sp³-hybridized carbons (Fsp3) is 0.0714. The Labute approximate surface area is 107 Å². The zero-order chi connectivity index (χ0) is 12.7. The van der Waals surface area contributed by atoms with Crippen LogP contribution in [0.2, 0.25) is 0 Å². The quantitative estimate of drug-likeness (QED) is 0.682. The first-order valence-corrected chi connectivity index (χ1v) is 6.25. The summed E-state index contributed by atoms with van der Waals surface area (Å²) in [6.45, 7) is 0. The molecule has 0 amide bonds. The molecule has 1 N–H and O–H groups in total. The molecule has 0 saturated carbocycles. The first-order valence-electron chi connectivity index (χ1n) is 5.44. The van der Waals surface area contributed by atoms with Crippen molar-refractivity contribution in [2.75, 3.05) is 7.11 Å². The molecule has 0 radical (unpaired) electrons. The predicted octanol–water partition coefficient (Wildman–Crippen LogP) is 3.13. The number of phenolic OH excluding ortho intramolecular Hbond substituents is 1. The van der Waals surface area contributed by atoms with Crippen LogP contribution in [0, 0.1) is 0 Å². The lowest BCUT2D eigenvalue weighted by molar-refractivity contribution is 0.419. The highest BCUT2D eigenvalue weighted by atomic mass is 32.1. The van der Waals surface area contributed by atoms with Crippen molar-refractivity contribution < 1.29 is 9.84 Å². The van der Waals surface area contributed by atoms with Crippen LogP contribution in [0.3, 0.4) is 0 Å². The van der Waals surface area contributed by atoms with E-state index in [1.54, 1.807) is 19.2 Å². The average molecular weight is 258 g/mol. The fourth-order valence-electron chi connectivity index (χ4n) is 2.02. The minimum Gasteiger partial charge on any atom is -0.507 e. The van der Waals surface area contributed by atoms with Crippen LogP contribution in [0.25, 0.3) is 20.2 Å². The van der Waals surface area contributed by atoms with Gasteiger partial charge in [0.15, 0.2) is 5.43 Å². The van der Waals surface area contributed by atoms with Crippen LogP contribution < -0.4 is 10.2 Å². The Morgan fingerprint density at radius 2 is 1.94 bits per heavy atom. The van der Waals surface area contributed by atoms with Crippen molar-refractivity contribution >= 4 is 31.5 Å². The van der Waals surface area contributed by atoms with Gasteiger partial charge < -0.3 is 9.84 Å². The highest BCUT2D eigenvalue weighted by Gasteiger charge is 2.13. The highest BCUT2D eigenvalue weighted by molar-refractivity contribution is 7.25. The van der Waals surface area contributed by atoms with Crippen LogP contribution in [-0.4, -0.2) is 12.2 Å². The number of benzene rings is 2. The van der Waals surface area contributed by atoms with Crippen molar-refractivity contribution in [1.29, 1.82) is 0 Å². The van der Waals surface area contributed by atoms with Gasteiger partial charge >= 0.3 is 0 Å². The van der Waals surface area contributed by atoms with E-state index in [4.69, 9.17) is 4.74 Å². The van der Waals surface area contributed by atoms with E-state index in [1.807, 2.05) is 18.2 Å². The standard InChI is InChI=1S/C14H10O3S/c1-17-10-7-6-9(15)12-13(16)8-4-2-3-5-11(8)18-14(10)12/h2-7,15H,1H3. The molecule has 0 aliphatic heterocycles. The lowest BCUT2D eigenvalue weighted by atomic mass is 10.1. The Bertz CT molecular complexity index is 805. The first-order chi connectivity index (χ1) is 8.72. The predicted molar refractivity (Wildman–Crippen MR) is 73.8 cm³/mol. The Hall–Kier alpha value is -2.07. The van der Waals surface area contributed by atoms with Gasteiger partial charge in [0.05, 0.1) is 17.2 Å². The van der Waals surface area contributed by atoms with Gasteiger partial charge in [-0.3, -0.25) is 4.79 Å². The van der Waals surface area contributed by atoms with E-state index in [2.05, 4.69) is 0 Å². The summed E-state index contributed by atoms with van der Waals surface area (Å²) in [5.74, 6) is 0.605. The van der Waals surface area contributed by atoms with E-state index in [-0.39, 0.29) is 11.2 Å². The molecular formula is C14H10O3S. The molecule has 1 heterocycles. The molecule has 1 aromatic heterocycles. The van der Waals surface area contributed by atoms with Gasteiger partial charge in [-0.15, -0.1) is 11.3 Å². The Morgan fingerprint density at radius 1 is 1.17 bits per heavy atom. The van der Waals surface area contributed by atoms with Crippen molar-refractivity contribution in [3.63, 3.8) is 0 Å². The maximum Gasteiger partial charge on any atom is 0.199 e. The van der Waals surface area contributed by atoms with Crippen molar-refractivity contribution in [3.8, 4) is 11.5 Å². The maximum absolute atomic E-state index is 12.4. The number of fused-ring (bicyclic) bond motifs is 2. The molecule has 0 bridgehead atoms. The van der Waals surface area contributed by atoms with E-state index < -0.39 is 0 Å². The van der Waals surface area contributed by atoms with E-state index >= 15 is 0 Å². The SMILES string of the molecule is COc1ccc(O)c2c(=O)c3ccccc3sc12. The second-order valence-corrected chi connectivity index (χ2v) is 4.97. The molecule has 0 unspecified atom stereocenters. The summed E-state index contributed by atoms with van der Waals surface area (Å²) in [5.41, 5.74) is -0.157. The molecule has 3 nitrogen and oxygen atoms in total. The van der Waals surface area contributed by atoms with Crippen LogP contribution in [0.15, 0.2) is 41.2 Å². The monoisotopic (exact) mass is 258 g/mol. The number of methoxy groups -OCH3 is 1. The van der Waals surface area contributed by atoms with Gasteiger partial charge in [-0.05, 0) is 24.3 Å². The van der Waals surface area contributed by atoms with Crippen LogP contribution in [0.1, 0.15) is 0 Å². The van der Waals surface area contributed by atoms with Gasteiger partial charge in [-0.25, -0.2) is 0 Å². The summed E-state index contributed by atoms with van der Waals surface area (Å²) in [6.07, 6.45) is 0. The summed E-state index contributed by atoms with van der Waals surface area (Å²) in [5, 5.41) is 10.8. The van der Waals surface area contributed by atoms with Gasteiger partial charge in [-0.2, -0.15) is 0 Å². The second kappa shape index (κ2) is 3.99. The number of hydrogen-bond acceptors (Lipinski definition) is 4. The van der Waals surface area contributed by atoms with E-state index in [0.29, 0.717) is 21.2 Å². The molecule has 18 heavy (non-hydrogen) atoms. The molecule has 0 saturated heterocycles. The molecule has 0 atom stereocenters. The Morgan fingerprint density at radius 3 is 2.72 bits per heavy atom. The van der Waals surface area contributed by atoms with Gasteiger partial charge in [0.1, 0.15) is 11.5 Å². The van der Waals surface area contributed by atoms with Crippen molar-refractivity contribution in [2.24, 2.45) is 0 Å². The molecule has 2 aromatic carbocycles. The third-order valence-corrected chi connectivity index (χ3v) is 4.08.